The Morgan fingerprint density at radius 3 is 2.40 bits per heavy atom. The third kappa shape index (κ3) is 5.26. The van der Waals surface area contributed by atoms with Crippen molar-refractivity contribution in [3.8, 4) is 0 Å². The molecule has 2 aliphatic heterocycles. The highest BCUT2D eigenvalue weighted by atomic mass is 32.2. The molecule has 192 valence electrons. The van der Waals surface area contributed by atoms with Crippen molar-refractivity contribution in [3.05, 3.63) is 35.9 Å². The Hall–Kier alpha value is -3.15. The van der Waals surface area contributed by atoms with Crippen LogP contribution in [0.3, 0.4) is 0 Å². The highest BCUT2D eigenvalue weighted by Gasteiger charge is 2.72. The lowest BCUT2D eigenvalue weighted by molar-refractivity contribution is -0.176. The maximum Gasteiger partial charge on any atom is 0.408 e. The van der Waals surface area contributed by atoms with Gasteiger partial charge in [-0.3, -0.25) is 9.59 Å². The van der Waals surface area contributed by atoms with Gasteiger partial charge >= 0.3 is 18.0 Å². The molecule has 0 unspecified atom stereocenters. The lowest BCUT2D eigenvalue weighted by atomic mass is 9.96. The zero-order valence-corrected chi connectivity index (χ0v) is 20.7. The quantitative estimate of drug-likeness (QED) is 0.215. The van der Waals surface area contributed by atoms with Crippen LogP contribution in [-0.2, 0) is 45.0 Å². The Morgan fingerprint density at radius 2 is 1.74 bits per heavy atom. The highest BCUT2D eigenvalue weighted by molar-refractivity contribution is 7.94. The summed E-state index contributed by atoms with van der Waals surface area (Å²) in [7, 11) is -4.08. The minimum Gasteiger partial charge on any atom is -0.445 e. The maximum absolute atomic E-state index is 13.2. The van der Waals surface area contributed by atoms with E-state index in [-0.39, 0.29) is 13.0 Å². The maximum atomic E-state index is 13.2. The van der Waals surface area contributed by atoms with Gasteiger partial charge in [-0.05, 0) is 25.8 Å². The van der Waals surface area contributed by atoms with Gasteiger partial charge in [0, 0.05) is 6.42 Å². The van der Waals surface area contributed by atoms with E-state index in [1.165, 1.54) is 13.8 Å². The molecule has 0 aliphatic carbocycles. The van der Waals surface area contributed by atoms with E-state index in [9.17, 15) is 27.6 Å². The van der Waals surface area contributed by atoms with Crippen molar-refractivity contribution < 1.29 is 41.8 Å². The minimum atomic E-state index is -4.08. The van der Waals surface area contributed by atoms with Gasteiger partial charge in [-0.1, -0.05) is 50.1 Å². The summed E-state index contributed by atoms with van der Waals surface area (Å²) in [6, 6.07) is 5.97. The van der Waals surface area contributed by atoms with E-state index >= 15 is 0 Å². The number of hydrogen-bond donors (Lipinski definition) is 1. The molecule has 0 saturated carbocycles. The molecule has 3 atom stereocenters. The van der Waals surface area contributed by atoms with E-state index in [0.717, 1.165) is 17.7 Å². The first kappa shape index (κ1) is 26.5. The fourth-order valence-electron chi connectivity index (χ4n) is 4.14. The van der Waals surface area contributed by atoms with E-state index in [2.05, 4.69) is 5.32 Å². The van der Waals surface area contributed by atoms with E-state index in [4.69, 9.17) is 14.2 Å². The van der Waals surface area contributed by atoms with Gasteiger partial charge in [0.15, 0.2) is 15.2 Å². The summed E-state index contributed by atoms with van der Waals surface area (Å²) < 4.78 is 39.6. The monoisotopic (exact) mass is 510 g/mol. The average Bonchev–Trinajstić information content (AvgIpc) is 2.96. The third-order valence-electron chi connectivity index (χ3n) is 6.18. The number of hydrogen-bond acceptors (Lipinski definition) is 9. The van der Waals surface area contributed by atoms with Crippen molar-refractivity contribution in [1.82, 2.24) is 10.2 Å². The van der Waals surface area contributed by atoms with Gasteiger partial charge in [0.25, 0.3) is 0 Å². The topological polar surface area (TPSA) is 145 Å². The van der Waals surface area contributed by atoms with E-state index in [1.54, 1.807) is 30.3 Å². The molecule has 1 N–H and O–H groups in total. The Balaban J connectivity index is 1.60. The van der Waals surface area contributed by atoms with Crippen LogP contribution < -0.4 is 5.32 Å². The number of nitrogens with one attached hydrogen (secondary N) is 1. The number of esters is 2. The summed E-state index contributed by atoms with van der Waals surface area (Å²) in [6.07, 6.45) is 1.65. The number of β-lactam (4-membered cyclic amide) rings is 1. The molecule has 2 aliphatic rings. The number of rotatable bonds is 10. The highest BCUT2D eigenvalue weighted by Crippen LogP contribution is 2.46. The molecule has 0 spiro atoms. The Morgan fingerprint density at radius 1 is 1.06 bits per heavy atom. The largest absolute Gasteiger partial charge is 0.445 e. The van der Waals surface area contributed by atoms with Crippen LogP contribution in [-0.4, -0.2) is 66.3 Å². The fraction of sp³-hybridized carbons (Fsp3) is 0.565. The number of ether oxygens (including phenoxy) is 3. The fourth-order valence-corrected chi connectivity index (χ4v) is 6.35. The molecule has 1 aromatic rings. The first-order chi connectivity index (χ1) is 16.5. The van der Waals surface area contributed by atoms with Crippen LogP contribution in [0.2, 0.25) is 0 Å². The number of amides is 2. The number of carbonyl (C=O) groups is 4. The zero-order chi connectivity index (χ0) is 25.8. The number of alkyl carbamates (subject to hydrolysis) is 1. The molecule has 2 fully saturated rings. The van der Waals surface area contributed by atoms with Crippen LogP contribution >= 0.6 is 0 Å². The molecule has 0 aromatic heterocycles. The molecule has 35 heavy (non-hydrogen) atoms. The Kier molecular flexibility index (Phi) is 8.04. The molecule has 2 saturated heterocycles. The lowest BCUT2D eigenvalue weighted by Crippen LogP contribution is -2.72. The summed E-state index contributed by atoms with van der Waals surface area (Å²) in [5.41, 5.74) is 0.715. The predicted octanol–water partition coefficient (Wildman–Crippen LogP) is 1.65. The van der Waals surface area contributed by atoms with Gasteiger partial charge in [0.2, 0.25) is 12.7 Å². The average molecular weight is 511 g/mol. The van der Waals surface area contributed by atoms with Crippen molar-refractivity contribution in [3.63, 3.8) is 0 Å². The van der Waals surface area contributed by atoms with Gasteiger partial charge in [-0.25, -0.2) is 18.0 Å². The molecule has 3 rings (SSSR count). The van der Waals surface area contributed by atoms with Crippen LogP contribution in [0.15, 0.2) is 30.3 Å². The summed E-state index contributed by atoms with van der Waals surface area (Å²) >= 11 is 0. The minimum absolute atomic E-state index is 0.0632. The number of sulfone groups is 1. The summed E-state index contributed by atoms with van der Waals surface area (Å²) in [4.78, 5) is 50.3. The molecule has 12 heteroatoms. The van der Waals surface area contributed by atoms with E-state index < -0.39 is 62.8 Å². The normalized spacial score (nSPS) is 23.6. The van der Waals surface area contributed by atoms with E-state index in [1.807, 2.05) is 6.92 Å². The van der Waals surface area contributed by atoms with Gasteiger partial charge in [0.1, 0.15) is 23.4 Å². The van der Waals surface area contributed by atoms with Crippen molar-refractivity contribution in [1.29, 1.82) is 0 Å². The van der Waals surface area contributed by atoms with Gasteiger partial charge in [-0.15, -0.1) is 0 Å². The Bertz CT molecular complexity index is 1070. The molecule has 0 bridgehead atoms. The van der Waals surface area contributed by atoms with Crippen LogP contribution in [0.4, 0.5) is 4.79 Å². The van der Waals surface area contributed by atoms with Gasteiger partial charge < -0.3 is 24.4 Å². The van der Waals surface area contributed by atoms with Crippen molar-refractivity contribution >= 4 is 33.8 Å². The van der Waals surface area contributed by atoms with Crippen LogP contribution in [0.1, 0.15) is 52.0 Å². The van der Waals surface area contributed by atoms with Crippen LogP contribution in [0, 0.1) is 0 Å². The second kappa shape index (κ2) is 10.6. The number of benzene rings is 1. The smallest absolute Gasteiger partial charge is 0.408 e. The summed E-state index contributed by atoms with van der Waals surface area (Å²) in [5.74, 6) is -2.30. The molecule has 2 heterocycles. The lowest BCUT2D eigenvalue weighted by Gasteiger charge is -2.42. The standard InChI is InChI=1S/C23H30N2O9S/c1-4-5-7-12-16(26)33-14-34-21(28)18-23(2,3)35(30,31)20-17(19(27)25(18)20)24-22(29)32-13-15-10-8-6-9-11-15/h6,8-11,17-18,20H,4-5,7,12-14H2,1-3H3,(H,24,29)/t17-,18+,20-/m1/s1. The Labute approximate surface area is 204 Å². The molecular formula is C23H30N2O9S. The second-order valence-corrected chi connectivity index (χ2v) is 11.6. The third-order valence-corrected chi connectivity index (χ3v) is 9.01. The number of fused-ring (bicyclic) bond motifs is 1. The second-order valence-electron chi connectivity index (χ2n) is 8.93. The van der Waals surface area contributed by atoms with Crippen LogP contribution in [0.25, 0.3) is 0 Å². The predicted molar refractivity (Wildman–Crippen MR) is 122 cm³/mol. The SMILES string of the molecule is CCCCCC(=O)OCOC(=O)[C@@H]1N2C(=O)[C@@H](NC(=O)OCc3ccccc3)[C@H]2S(=O)(=O)C1(C)C. The zero-order valence-electron chi connectivity index (χ0n) is 19.9. The number of carbonyl (C=O) groups excluding carboxylic acids is 4. The van der Waals surface area contributed by atoms with Gasteiger partial charge in [0.05, 0.1) is 0 Å². The van der Waals surface area contributed by atoms with Gasteiger partial charge in [-0.2, -0.15) is 0 Å². The summed E-state index contributed by atoms with van der Waals surface area (Å²) in [5, 5.41) is 0.849. The van der Waals surface area contributed by atoms with Crippen molar-refractivity contribution in [2.45, 2.75) is 75.3 Å². The number of nitrogens with zero attached hydrogens (tertiary/aromatic N) is 1. The van der Waals surface area contributed by atoms with Crippen molar-refractivity contribution in [2.24, 2.45) is 0 Å². The molecule has 0 radical (unpaired) electrons. The molecule has 11 nitrogen and oxygen atoms in total. The first-order valence-corrected chi connectivity index (χ1v) is 12.9. The molecular weight excluding hydrogens is 480 g/mol. The van der Waals surface area contributed by atoms with Crippen molar-refractivity contribution in [2.75, 3.05) is 6.79 Å². The number of unbranched alkanes of at least 4 members (excludes halogenated alkanes) is 2. The van der Waals surface area contributed by atoms with Crippen LogP contribution in [0.5, 0.6) is 0 Å². The summed E-state index contributed by atoms with van der Waals surface area (Å²) in [6.45, 7) is 3.86. The molecule has 2 amide bonds. The first-order valence-electron chi connectivity index (χ1n) is 11.4. The molecule has 1 aromatic carbocycles. The van der Waals surface area contributed by atoms with E-state index in [0.29, 0.717) is 12.0 Å².